The first kappa shape index (κ1) is 41.2. The van der Waals surface area contributed by atoms with Crippen LogP contribution in [-0.2, 0) is 18.9 Å². The van der Waals surface area contributed by atoms with E-state index >= 15 is 0 Å². The quantitative estimate of drug-likeness (QED) is 0.0460. The molecule has 2 aliphatic heterocycles. The minimum absolute atomic E-state index is 0.0253. The SMILES string of the molecule is CCC#Cc1cn(C2CC(OCN=[N+]=[N-])C(CO)O2)c2ncnc(N=CN(C)C)c12.CCC1OC(n2cc(C#CCN)c3c(N)ncnc32)CC1OCN=[N+]=[N-]. The van der Waals surface area contributed by atoms with E-state index in [9.17, 15) is 5.11 Å². The van der Waals surface area contributed by atoms with E-state index in [1.807, 2.05) is 54.4 Å². The van der Waals surface area contributed by atoms with E-state index in [1.165, 1.54) is 12.7 Å². The van der Waals surface area contributed by atoms with Crippen molar-refractivity contribution in [2.24, 2.45) is 21.0 Å². The van der Waals surface area contributed by atoms with E-state index in [0.717, 1.165) is 17.4 Å². The molecule has 21 heteroatoms. The molecular weight excluding hydrogens is 724 g/mol. The summed E-state index contributed by atoms with van der Waals surface area (Å²) in [7, 11) is 3.76. The summed E-state index contributed by atoms with van der Waals surface area (Å²) in [6, 6.07) is 0. The Hall–Kier alpha value is -5.99. The number of nitrogens with two attached hydrogens (primary N) is 2. The maximum absolute atomic E-state index is 9.67. The highest BCUT2D eigenvalue weighted by Crippen LogP contribution is 2.37. The van der Waals surface area contributed by atoms with E-state index in [0.29, 0.717) is 53.1 Å². The summed E-state index contributed by atoms with van der Waals surface area (Å²) in [5.74, 6) is 13.0. The van der Waals surface area contributed by atoms with Gasteiger partial charge in [-0.05, 0) is 17.5 Å². The Morgan fingerprint density at radius 1 is 0.911 bits per heavy atom. The molecule has 4 aromatic heterocycles. The van der Waals surface area contributed by atoms with Crippen molar-refractivity contribution in [2.45, 2.75) is 76.4 Å². The summed E-state index contributed by atoms with van der Waals surface area (Å²) in [5.41, 5.74) is 31.1. The van der Waals surface area contributed by atoms with Crippen LogP contribution in [0.5, 0.6) is 0 Å². The molecule has 0 saturated carbocycles. The van der Waals surface area contributed by atoms with Crippen LogP contribution in [0.3, 0.4) is 0 Å². The molecule has 0 radical (unpaired) electrons. The van der Waals surface area contributed by atoms with Crippen molar-refractivity contribution >= 4 is 40.0 Å². The Labute approximate surface area is 322 Å². The summed E-state index contributed by atoms with van der Waals surface area (Å²) in [6.45, 7) is 3.87. The predicted molar refractivity (Wildman–Crippen MR) is 207 cm³/mol. The minimum Gasteiger partial charge on any atom is -0.394 e. The van der Waals surface area contributed by atoms with Crippen molar-refractivity contribution in [3.63, 3.8) is 0 Å². The minimum atomic E-state index is -0.542. The second-order valence-corrected chi connectivity index (χ2v) is 12.6. The van der Waals surface area contributed by atoms with Gasteiger partial charge in [0.1, 0.15) is 61.8 Å². The van der Waals surface area contributed by atoms with Crippen LogP contribution in [0.2, 0.25) is 0 Å². The molecule has 21 nitrogen and oxygen atoms in total. The van der Waals surface area contributed by atoms with Gasteiger partial charge < -0.3 is 49.6 Å². The first-order chi connectivity index (χ1) is 27.3. The molecule has 4 aromatic rings. The highest BCUT2D eigenvalue weighted by molar-refractivity contribution is 5.93. The summed E-state index contributed by atoms with van der Waals surface area (Å²) in [4.78, 5) is 28.8. The van der Waals surface area contributed by atoms with Crippen molar-refractivity contribution in [3.8, 4) is 23.7 Å². The number of nitrogens with zero attached hydrogens (tertiary/aromatic N) is 14. The molecule has 6 heterocycles. The van der Waals surface area contributed by atoms with E-state index in [4.69, 9.17) is 41.5 Å². The third-order valence-corrected chi connectivity index (χ3v) is 8.75. The van der Waals surface area contributed by atoms with Gasteiger partial charge >= 0.3 is 0 Å². The molecule has 2 fully saturated rings. The van der Waals surface area contributed by atoms with Crippen LogP contribution in [0.4, 0.5) is 11.6 Å². The van der Waals surface area contributed by atoms with Crippen LogP contribution in [0.1, 0.15) is 63.1 Å². The fourth-order valence-electron chi connectivity index (χ4n) is 6.33. The Bertz CT molecular complexity index is 2220. The third kappa shape index (κ3) is 9.62. The monoisotopic (exact) mass is 768 g/mol. The number of rotatable bonds is 12. The Balaban J connectivity index is 0.000000216. The highest BCUT2D eigenvalue weighted by atomic mass is 16.6. The number of hydrogen-bond donors (Lipinski definition) is 3. The highest BCUT2D eigenvalue weighted by Gasteiger charge is 2.38. The molecule has 6 atom stereocenters. The van der Waals surface area contributed by atoms with Gasteiger partial charge in [0.25, 0.3) is 0 Å². The fourth-order valence-corrected chi connectivity index (χ4v) is 6.33. The van der Waals surface area contributed by atoms with Gasteiger partial charge in [0.2, 0.25) is 0 Å². The van der Waals surface area contributed by atoms with E-state index in [2.05, 4.69) is 68.7 Å². The Morgan fingerprint density at radius 2 is 1.48 bits per heavy atom. The molecule has 294 valence electrons. The average Bonchev–Trinajstić information content (AvgIpc) is 3.99. The van der Waals surface area contributed by atoms with Gasteiger partial charge in [-0.2, -0.15) is 0 Å². The van der Waals surface area contributed by atoms with Gasteiger partial charge in [-0.15, -0.1) is 0 Å². The van der Waals surface area contributed by atoms with Gasteiger partial charge in [0.05, 0.1) is 59.7 Å². The number of fused-ring (bicyclic) bond motifs is 2. The number of ether oxygens (including phenoxy) is 4. The normalized spacial score (nSPS) is 21.4. The first-order valence-corrected chi connectivity index (χ1v) is 17.8. The number of anilines is 1. The summed E-state index contributed by atoms with van der Waals surface area (Å²) in [6.07, 6.45) is 8.82. The van der Waals surface area contributed by atoms with Crippen molar-refractivity contribution < 1.29 is 24.1 Å². The van der Waals surface area contributed by atoms with Crippen molar-refractivity contribution in [2.75, 3.05) is 46.4 Å². The molecule has 0 amide bonds. The molecule has 6 unspecified atom stereocenters. The smallest absolute Gasteiger partial charge is 0.167 e. The lowest BCUT2D eigenvalue weighted by Gasteiger charge is -2.16. The molecular formula is C35H44N16O5. The number of aliphatic hydroxyl groups excluding tert-OH is 1. The van der Waals surface area contributed by atoms with Crippen LogP contribution >= 0.6 is 0 Å². The van der Waals surface area contributed by atoms with Gasteiger partial charge in [-0.3, -0.25) is 0 Å². The zero-order valence-corrected chi connectivity index (χ0v) is 31.5. The van der Waals surface area contributed by atoms with E-state index < -0.39 is 18.4 Å². The average molecular weight is 769 g/mol. The molecule has 0 aromatic carbocycles. The number of hydrogen-bond acceptors (Lipinski definition) is 14. The summed E-state index contributed by atoms with van der Waals surface area (Å²) < 4.78 is 27.1. The first-order valence-electron chi connectivity index (χ1n) is 17.8. The molecule has 5 N–H and O–H groups in total. The predicted octanol–water partition coefficient (Wildman–Crippen LogP) is 4.02. The molecule has 0 bridgehead atoms. The zero-order valence-electron chi connectivity index (χ0n) is 31.5. The van der Waals surface area contributed by atoms with Crippen molar-refractivity contribution in [1.29, 1.82) is 0 Å². The van der Waals surface area contributed by atoms with E-state index in [-0.39, 0.29) is 45.0 Å². The second kappa shape index (κ2) is 20.1. The van der Waals surface area contributed by atoms with Crippen molar-refractivity contribution in [1.82, 2.24) is 34.0 Å². The van der Waals surface area contributed by atoms with Gasteiger partial charge in [-0.25, -0.2) is 24.9 Å². The maximum Gasteiger partial charge on any atom is 0.167 e. The second-order valence-electron chi connectivity index (χ2n) is 12.6. The summed E-state index contributed by atoms with van der Waals surface area (Å²) in [5, 5.41) is 17.9. The number of nitrogen functional groups attached to an aromatic ring is 1. The van der Waals surface area contributed by atoms with Crippen LogP contribution < -0.4 is 11.5 Å². The van der Waals surface area contributed by atoms with Gasteiger partial charge in [0, 0.05) is 55.6 Å². The largest absolute Gasteiger partial charge is 0.394 e. The third-order valence-electron chi connectivity index (χ3n) is 8.75. The Morgan fingerprint density at radius 3 is 2.05 bits per heavy atom. The lowest BCUT2D eigenvalue weighted by molar-refractivity contribution is -0.0593. The summed E-state index contributed by atoms with van der Waals surface area (Å²) >= 11 is 0. The van der Waals surface area contributed by atoms with E-state index in [1.54, 1.807) is 6.34 Å². The lowest BCUT2D eigenvalue weighted by Crippen LogP contribution is -2.27. The molecule has 0 aliphatic carbocycles. The van der Waals surface area contributed by atoms with Crippen LogP contribution in [0, 0.1) is 23.7 Å². The van der Waals surface area contributed by atoms with Crippen LogP contribution in [-0.4, -0.2) is 111 Å². The number of azide groups is 2. The number of aliphatic hydroxyl groups is 1. The molecule has 56 heavy (non-hydrogen) atoms. The van der Waals surface area contributed by atoms with Crippen LogP contribution in [0.15, 0.2) is 40.3 Å². The standard InChI is InChI=1S/C19H24N8O3.C16H20N8O2/c1-4-5-6-13-8-27(16-7-14(15(9-28)30-16)29-12-24-25-20)19-17(13)18(21-10-22-19)23-11-26(2)3;1-2-11-12(25-9-22-23-19)6-13(26-11)24-7-10(4-3-5-17)14-15(18)20-8-21-16(14)24/h8,10-11,14-16,28H,4,7,9,12H2,1-3H3;7-8,11-13H,2,5-6,9,17H2,1H3,(H2,18,20,21). The fraction of sp³-hybridized carbons (Fsp3) is 0.514. The molecule has 2 aliphatic rings. The lowest BCUT2D eigenvalue weighted by atomic mass is 10.1. The zero-order chi connectivity index (χ0) is 40.0. The number of aromatic nitrogens is 6. The van der Waals surface area contributed by atoms with Gasteiger partial charge in [-0.1, -0.05) is 47.8 Å². The van der Waals surface area contributed by atoms with Crippen LogP contribution in [0.25, 0.3) is 43.0 Å². The molecule has 0 spiro atoms. The number of aliphatic imine (C=N–C) groups is 1. The Kier molecular flexibility index (Phi) is 14.8. The molecule has 2 saturated heterocycles. The van der Waals surface area contributed by atoms with Gasteiger partial charge in [0.15, 0.2) is 5.82 Å². The topological polar surface area (TPSA) is 284 Å². The molecule has 6 rings (SSSR count). The maximum atomic E-state index is 9.67. The van der Waals surface area contributed by atoms with Crippen molar-refractivity contribution in [3.05, 3.63) is 57.1 Å².